The van der Waals surface area contributed by atoms with Crippen molar-refractivity contribution in [2.75, 3.05) is 25.0 Å². The third-order valence-electron chi connectivity index (χ3n) is 4.15. The van der Waals surface area contributed by atoms with Crippen molar-refractivity contribution in [1.82, 2.24) is 5.32 Å². The number of anilines is 1. The Balaban J connectivity index is 1.52. The van der Waals surface area contributed by atoms with Crippen molar-refractivity contribution in [3.05, 3.63) is 47.5 Å². The maximum Gasteiger partial charge on any atom is 0.262 e. The van der Waals surface area contributed by atoms with E-state index in [1.54, 1.807) is 12.1 Å². The average Bonchev–Trinajstić information content (AvgIpc) is 2.60. The Bertz CT molecular complexity index is 793. The molecule has 0 fully saturated rings. The van der Waals surface area contributed by atoms with Crippen molar-refractivity contribution in [2.24, 2.45) is 0 Å². The maximum absolute atomic E-state index is 11.4. The molecule has 0 saturated carbocycles. The van der Waals surface area contributed by atoms with E-state index < -0.39 is 6.10 Å². The first-order valence-electron chi connectivity index (χ1n) is 8.49. The molecule has 1 amide bonds. The molecule has 0 radical (unpaired) electrons. The second-order valence-corrected chi connectivity index (χ2v) is 6.24. The fourth-order valence-corrected chi connectivity index (χ4v) is 2.94. The van der Waals surface area contributed by atoms with E-state index in [1.165, 1.54) is 12.1 Å². The van der Waals surface area contributed by atoms with Crippen molar-refractivity contribution < 1.29 is 24.9 Å². The zero-order valence-corrected chi connectivity index (χ0v) is 14.2. The normalized spacial score (nSPS) is 14.3. The number of ether oxygens (including phenoxy) is 1. The lowest BCUT2D eigenvalue weighted by Crippen LogP contribution is -2.28. The van der Waals surface area contributed by atoms with E-state index in [1.807, 2.05) is 12.1 Å². The summed E-state index contributed by atoms with van der Waals surface area (Å²) in [5.74, 6) is 0.296. The van der Waals surface area contributed by atoms with Gasteiger partial charge in [-0.05, 0) is 43.1 Å². The third-order valence-corrected chi connectivity index (χ3v) is 4.15. The molecule has 1 atom stereocenters. The summed E-state index contributed by atoms with van der Waals surface area (Å²) < 4.78 is 5.40. The van der Waals surface area contributed by atoms with Gasteiger partial charge in [-0.1, -0.05) is 12.1 Å². The van der Waals surface area contributed by atoms with Crippen LogP contribution in [0, 0.1) is 0 Å². The number of carbonyl (C=O) groups excluding carboxylic acids is 1. The first-order valence-corrected chi connectivity index (χ1v) is 8.49. The Morgan fingerprint density at radius 2 is 2.04 bits per heavy atom. The van der Waals surface area contributed by atoms with Gasteiger partial charge in [-0.25, -0.2) is 0 Å². The number of aromatic hydroxyl groups is 2. The molecule has 5 N–H and O–H groups in total. The number of amides is 1. The van der Waals surface area contributed by atoms with Crippen molar-refractivity contribution >= 4 is 11.6 Å². The van der Waals surface area contributed by atoms with Gasteiger partial charge in [0, 0.05) is 18.2 Å². The van der Waals surface area contributed by atoms with Gasteiger partial charge in [-0.2, -0.15) is 0 Å². The highest BCUT2D eigenvalue weighted by Gasteiger charge is 2.24. The lowest BCUT2D eigenvalue weighted by atomic mass is 10.0. The molecule has 0 saturated heterocycles. The van der Waals surface area contributed by atoms with Gasteiger partial charge in [0.15, 0.2) is 6.61 Å². The number of aryl methyl sites for hydroxylation is 1. The molecule has 0 aliphatic carbocycles. The molecule has 1 aliphatic rings. The van der Waals surface area contributed by atoms with Crippen LogP contribution in [0.25, 0.3) is 0 Å². The maximum atomic E-state index is 11.4. The molecule has 26 heavy (non-hydrogen) atoms. The number of phenols is 2. The van der Waals surface area contributed by atoms with Gasteiger partial charge in [0.2, 0.25) is 0 Å². The summed E-state index contributed by atoms with van der Waals surface area (Å²) in [6.07, 6.45) is 0.779. The van der Waals surface area contributed by atoms with Crippen LogP contribution in [0.2, 0.25) is 0 Å². The van der Waals surface area contributed by atoms with Gasteiger partial charge in [-0.15, -0.1) is 0 Å². The van der Waals surface area contributed by atoms with Crippen LogP contribution in [-0.4, -0.2) is 40.9 Å². The number of hydrogen-bond acceptors (Lipinski definition) is 6. The molecule has 2 aromatic carbocycles. The largest absolute Gasteiger partial charge is 0.508 e. The lowest BCUT2D eigenvalue weighted by Gasteiger charge is -2.23. The topological polar surface area (TPSA) is 111 Å². The number of carbonyl (C=O) groups is 1. The predicted molar refractivity (Wildman–Crippen MR) is 96.5 cm³/mol. The molecule has 1 heterocycles. The molecule has 1 unspecified atom stereocenters. The Kier molecular flexibility index (Phi) is 5.60. The van der Waals surface area contributed by atoms with Gasteiger partial charge in [0.25, 0.3) is 5.91 Å². The van der Waals surface area contributed by atoms with Crippen LogP contribution in [0.3, 0.4) is 0 Å². The molecule has 2 aromatic rings. The second-order valence-electron chi connectivity index (χ2n) is 6.24. The Morgan fingerprint density at radius 3 is 2.85 bits per heavy atom. The average molecular weight is 358 g/mol. The first-order chi connectivity index (χ1) is 12.5. The molecule has 7 nitrogen and oxygen atoms in total. The molecule has 0 aromatic heterocycles. The van der Waals surface area contributed by atoms with Crippen molar-refractivity contribution in [3.63, 3.8) is 0 Å². The fourth-order valence-electron chi connectivity index (χ4n) is 2.94. The number of phenolic OH excluding ortho intramolecular Hbond substituents is 2. The number of hydrogen-bond donors (Lipinski definition) is 5. The molecular weight excluding hydrogens is 336 g/mol. The number of fused-ring (bicyclic) bond motifs is 1. The zero-order chi connectivity index (χ0) is 18.5. The number of aliphatic hydroxyl groups is 1. The Labute approximate surface area is 151 Å². The van der Waals surface area contributed by atoms with E-state index in [0.29, 0.717) is 23.5 Å². The molecule has 138 valence electrons. The minimum absolute atomic E-state index is 0.0486. The predicted octanol–water partition coefficient (Wildman–Crippen LogP) is 1.68. The van der Waals surface area contributed by atoms with E-state index in [0.717, 1.165) is 18.4 Å². The summed E-state index contributed by atoms with van der Waals surface area (Å²) in [5, 5.41) is 35.5. The highest BCUT2D eigenvalue weighted by Crippen LogP contribution is 2.38. The number of aliphatic hydroxyl groups excluding tert-OH is 1. The van der Waals surface area contributed by atoms with Gasteiger partial charge >= 0.3 is 0 Å². The highest BCUT2D eigenvalue weighted by atomic mass is 16.5. The Hall–Kier alpha value is -2.77. The summed E-state index contributed by atoms with van der Waals surface area (Å²) in [6, 6.07) is 9.98. The summed E-state index contributed by atoms with van der Waals surface area (Å²) in [7, 11) is 0. The van der Waals surface area contributed by atoms with Gasteiger partial charge in [0.1, 0.15) is 17.2 Å². The zero-order valence-electron chi connectivity index (χ0n) is 14.2. The summed E-state index contributed by atoms with van der Waals surface area (Å²) in [5.41, 5.74) is 1.85. The first kappa shape index (κ1) is 18.0. The van der Waals surface area contributed by atoms with Crippen LogP contribution in [0.15, 0.2) is 36.4 Å². The molecule has 3 rings (SSSR count). The molecule has 1 aliphatic heterocycles. The second kappa shape index (κ2) is 8.07. The van der Waals surface area contributed by atoms with E-state index in [-0.39, 0.29) is 30.6 Å². The van der Waals surface area contributed by atoms with Crippen LogP contribution in [0.4, 0.5) is 5.69 Å². The quantitative estimate of drug-likeness (QED) is 0.482. The standard InChI is InChI=1S/C19H22N2O5/c22-13-5-1-3-12(7-13)4-2-6-20-10-17(24)15-8-14(23)9-16-19(15)26-11-18(25)21-16/h1,3,5,7-9,17,20,22-24H,2,4,6,10-11H2,(H,21,25). The van der Waals surface area contributed by atoms with Gasteiger partial charge < -0.3 is 30.7 Å². The van der Waals surface area contributed by atoms with Crippen molar-refractivity contribution in [1.29, 1.82) is 0 Å². The van der Waals surface area contributed by atoms with Crippen LogP contribution in [0.5, 0.6) is 17.2 Å². The Morgan fingerprint density at radius 1 is 1.19 bits per heavy atom. The van der Waals surface area contributed by atoms with Crippen LogP contribution in [-0.2, 0) is 11.2 Å². The summed E-state index contributed by atoms with van der Waals surface area (Å²) in [4.78, 5) is 11.4. The minimum Gasteiger partial charge on any atom is -0.508 e. The van der Waals surface area contributed by atoms with E-state index in [4.69, 9.17) is 4.74 Å². The van der Waals surface area contributed by atoms with Crippen LogP contribution in [0.1, 0.15) is 23.7 Å². The van der Waals surface area contributed by atoms with Crippen molar-refractivity contribution in [2.45, 2.75) is 18.9 Å². The molecular formula is C19H22N2O5. The van der Waals surface area contributed by atoms with Crippen LogP contribution < -0.4 is 15.4 Å². The van der Waals surface area contributed by atoms with E-state index in [2.05, 4.69) is 10.6 Å². The SMILES string of the molecule is O=C1COc2c(cc(O)cc2C(O)CNCCCc2cccc(O)c2)N1. The lowest BCUT2D eigenvalue weighted by molar-refractivity contribution is -0.118. The van der Waals surface area contributed by atoms with Gasteiger partial charge in [-0.3, -0.25) is 4.79 Å². The number of nitrogens with one attached hydrogen (secondary N) is 2. The minimum atomic E-state index is -0.883. The van der Waals surface area contributed by atoms with Crippen LogP contribution >= 0.6 is 0 Å². The van der Waals surface area contributed by atoms with Crippen molar-refractivity contribution in [3.8, 4) is 17.2 Å². The third kappa shape index (κ3) is 4.44. The van der Waals surface area contributed by atoms with E-state index >= 15 is 0 Å². The highest BCUT2D eigenvalue weighted by molar-refractivity contribution is 5.96. The molecule has 0 bridgehead atoms. The van der Waals surface area contributed by atoms with E-state index in [9.17, 15) is 20.1 Å². The monoisotopic (exact) mass is 358 g/mol. The summed E-state index contributed by atoms with van der Waals surface area (Å²) >= 11 is 0. The molecule has 0 spiro atoms. The number of benzene rings is 2. The number of rotatable bonds is 7. The summed E-state index contributed by atoms with van der Waals surface area (Å²) in [6.45, 7) is 0.855. The molecule has 7 heteroatoms. The van der Waals surface area contributed by atoms with Gasteiger partial charge in [0.05, 0.1) is 11.8 Å². The smallest absolute Gasteiger partial charge is 0.262 e. The fraction of sp³-hybridized carbons (Fsp3) is 0.316.